The van der Waals surface area contributed by atoms with Crippen LogP contribution >= 0.6 is 22.7 Å². The number of thiazole rings is 2. The highest BCUT2D eigenvalue weighted by atomic mass is 32.1. The predicted molar refractivity (Wildman–Crippen MR) is 211 cm³/mol. The molecule has 0 saturated heterocycles. The molecule has 0 radical (unpaired) electrons. The summed E-state index contributed by atoms with van der Waals surface area (Å²) < 4.78 is 5.48. The lowest BCUT2D eigenvalue weighted by atomic mass is 9.95. The molecule has 5 rings (SSSR count). The van der Waals surface area contributed by atoms with E-state index in [4.69, 9.17) is 9.72 Å². The highest BCUT2D eigenvalue weighted by Gasteiger charge is 2.36. The van der Waals surface area contributed by atoms with Crippen molar-refractivity contribution in [2.45, 2.75) is 122 Å². The Morgan fingerprint density at radius 1 is 0.887 bits per heavy atom. The maximum atomic E-state index is 13.9. The van der Waals surface area contributed by atoms with Crippen LogP contribution in [0.3, 0.4) is 0 Å². The molecule has 4 aromatic rings. The van der Waals surface area contributed by atoms with Gasteiger partial charge in [-0.3, -0.25) is 9.78 Å². The van der Waals surface area contributed by atoms with E-state index in [9.17, 15) is 19.5 Å². The lowest BCUT2D eigenvalue weighted by molar-refractivity contribution is -0.126. The molecule has 2 aromatic heterocycles. The van der Waals surface area contributed by atoms with Gasteiger partial charge in [-0.25, -0.2) is 14.6 Å². The Labute approximate surface area is 321 Å². The summed E-state index contributed by atoms with van der Waals surface area (Å²) in [6.07, 6.45) is 3.93. The topological polar surface area (TPSA) is 146 Å². The average molecular weight is 763 g/mol. The number of amides is 4. The molecule has 1 aliphatic carbocycles. The van der Waals surface area contributed by atoms with Gasteiger partial charge in [-0.05, 0) is 56.6 Å². The molecule has 1 fully saturated rings. The molecule has 53 heavy (non-hydrogen) atoms. The molecular formula is C40H54N6O5S2. The first-order chi connectivity index (χ1) is 25.6. The van der Waals surface area contributed by atoms with Crippen molar-refractivity contribution in [3.8, 4) is 0 Å². The number of urea groups is 1. The minimum atomic E-state index is -1.17. The third-order valence-corrected chi connectivity index (χ3v) is 10.6. The SMILES string of the molecule is CC.CC(C)c1nc(CN(C(=O)NC(C(=O)NC(CCC(Cc2ccccc2)NC(=O)OCc2cncs2)Cc2ccccc2)C(C)O)C2CC2)cs1. The van der Waals surface area contributed by atoms with Gasteiger partial charge in [-0.15, -0.1) is 22.7 Å². The summed E-state index contributed by atoms with van der Waals surface area (Å²) in [6.45, 7) is 10.2. The fraction of sp³-hybridized carbons (Fsp3) is 0.475. The molecule has 2 heterocycles. The summed E-state index contributed by atoms with van der Waals surface area (Å²) in [4.78, 5) is 51.7. The zero-order valence-electron chi connectivity index (χ0n) is 31.4. The molecule has 4 N–H and O–H groups in total. The molecule has 0 spiro atoms. The Bertz CT molecular complexity index is 1670. The maximum absolute atomic E-state index is 13.9. The van der Waals surface area contributed by atoms with Crippen molar-refractivity contribution in [2.75, 3.05) is 0 Å². The van der Waals surface area contributed by atoms with Gasteiger partial charge < -0.3 is 30.7 Å². The number of rotatable bonds is 18. The van der Waals surface area contributed by atoms with Gasteiger partial charge in [0.2, 0.25) is 5.91 Å². The molecule has 4 amide bonds. The molecule has 286 valence electrons. The van der Waals surface area contributed by atoms with Gasteiger partial charge in [0, 0.05) is 35.6 Å². The van der Waals surface area contributed by atoms with Gasteiger partial charge in [0.25, 0.3) is 0 Å². The van der Waals surface area contributed by atoms with Crippen LogP contribution in [0.2, 0.25) is 0 Å². The molecule has 11 nitrogen and oxygen atoms in total. The van der Waals surface area contributed by atoms with Crippen LogP contribution in [0.4, 0.5) is 9.59 Å². The highest BCUT2D eigenvalue weighted by molar-refractivity contribution is 7.09. The normalized spacial score (nSPS) is 14.5. The van der Waals surface area contributed by atoms with Crippen molar-refractivity contribution < 1.29 is 24.2 Å². The number of nitrogens with one attached hydrogen (secondary N) is 3. The van der Waals surface area contributed by atoms with E-state index in [1.807, 2.05) is 79.9 Å². The van der Waals surface area contributed by atoms with Gasteiger partial charge in [0.1, 0.15) is 12.6 Å². The quantitative estimate of drug-likeness (QED) is 0.0838. The van der Waals surface area contributed by atoms with E-state index < -0.39 is 30.2 Å². The fourth-order valence-electron chi connectivity index (χ4n) is 5.81. The van der Waals surface area contributed by atoms with Crippen LogP contribution < -0.4 is 16.0 Å². The van der Waals surface area contributed by atoms with Crippen molar-refractivity contribution in [2.24, 2.45) is 0 Å². The van der Waals surface area contributed by atoms with Crippen LogP contribution in [0, 0.1) is 0 Å². The summed E-state index contributed by atoms with van der Waals surface area (Å²) in [6, 6.07) is 17.6. The molecule has 4 unspecified atom stereocenters. The van der Waals surface area contributed by atoms with E-state index in [-0.39, 0.29) is 24.7 Å². The molecule has 1 saturated carbocycles. The Morgan fingerprint density at radius 3 is 2.00 bits per heavy atom. The van der Waals surface area contributed by atoms with Crippen LogP contribution in [-0.4, -0.2) is 68.3 Å². The average Bonchev–Trinajstić information content (AvgIpc) is 3.63. The number of aliphatic hydroxyl groups is 1. The second-order valence-electron chi connectivity index (χ2n) is 13.4. The van der Waals surface area contributed by atoms with Gasteiger partial charge in [0.15, 0.2) is 0 Å². The number of hydrogen-bond donors (Lipinski definition) is 4. The fourth-order valence-corrected chi connectivity index (χ4v) is 7.14. The number of alkyl carbamates (subject to hydrolysis) is 1. The number of aromatic nitrogens is 2. The smallest absolute Gasteiger partial charge is 0.407 e. The molecule has 2 aromatic carbocycles. The van der Waals surface area contributed by atoms with Crippen molar-refractivity contribution in [1.29, 1.82) is 0 Å². The van der Waals surface area contributed by atoms with Crippen molar-refractivity contribution in [3.05, 3.63) is 104 Å². The van der Waals surface area contributed by atoms with Gasteiger partial charge >= 0.3 is 12.1 Å². The molecule has 13 heteroatoms. The third kappa shape index (κ3) is 13.9. The van der Waals surface area contributed by atoms with E-state index >= 15 is 0 Å². The summed E-state index contributed by atoms with van der Waals surface area (Å²) in [7, 11) is 0. The monoisotopic (exact) mass is 762 g/mol. The zero-order chi connectivity index (χ0) is 38.2. The highest BCUT2D eigenvalue weighted by Crippen LogP contribution is 2.29. The standard InChI is InChI=1S/C38H48N6O5S2.C2H6/c1-25(2)36-41-31(23-50-36)21-44(32-16-17-32)37(47)43-34(26(3)45)35(46)40-29(18-27-10-6-4-7-11-27)14-15-30(19-28-12-8-5-9-13-28)42-38(48)49-22-33-20-39-24-51-33;1-2/h4-13,20,23-26,29-30,32,34,45H,14-19,21-22H2,1-3H3,(H,40,46)(H,42,48)(H,43,47);1-2H3. The van der Waals surface area contributed by atoms with Gasteiger partial charge in [-0.1, -0.05) is 88.4 Å². The second kappa shape index (κ2) is 21.4. The van der Waals surface area contributed by atoms with E-state index in [1.165, 1.54) is 18.3 Å². The number of aliphatic hydroxyl groups excluding tert-OH is 1. The minimum absolute atomic E-state index is 0.0699. The predicted octanol–water partition coefficient (Wildman–Crippen LogP) is 7.22. The Balaban J connectivity index is 0.00000308. The molecule has 4 atom stereocenters. The van der Waals surface area contributed by atoms with E-state index in [0.29, 0.717) is 38.1 Å². The number of ether oxygens (including phenoxy) is 1. The number of hydrogen-bond acceptors (Lipinski definition) is 9. The van der Waals surface area contributed by atoms with Crippen LogP contribution in [-0.2, 0) is 35.5 Å². The summed E-state index contributed by atoms with van der Waals surface area (Å²) in [5.74, 6) is -0.172. The zero-order valence-corrected chi connectivity index (χ0v) is 33.0. The number of carbonyl (C=O) groups excluding carboxylic acids is 3. The number of benzene rings is 2. The minimum Gasteiger partial charge on any atom is -0.444 e. The maximum Gasteiger partial charge on any atom is 0.407 e. The van der Waals surface area contributed by atoms with Gasteiger partial charge in [0.05, 0.1) is 33.7 Å². The van der Waals surface area contributed by atoms with Crippen LogP contribution in [0.25, 0.3) is 0 Å². The summed E-state index contributed by atoms with van der Waals surface area (Å²) in [5.41, 5.74) is 4.60. The molecule has 1 aliphatic rings. The Kier molecular flexibility index (Phi) is 16.7. The van der Waals surface area contributed by atoms with E-state index in [2.05, 4.69) is 34.8 Å². The lowest BCUT2D eigenvalue weighted by Crippen LogP contribution is -2.57. The number of nitrogens with zero attached hydrogens (tertiary/aromatic N) is 3. The van der Waals surface area contributed by atoms with E-state index in [0.717, 1.165) is 39.5 Å². The first kappa shape index (κ1) is 41.4. The van der Waals surface area contributed by atoms with Crippen LogP contribution in [0.15, 0.2) is 77.8 Å². The third-order valence-electron chi connectivity index (χ3n) is 8.70. The summed E-state index contributed by atoms with van der Waals surface area (Å²) in [5, 5.41) is 22.7. The second-order valence-corrected chi connectivity index (χ2v) is 15.3. The first-order valence-corrected chi connectivity index (χ1v) is 20.3. The molecular weight excluding hydrogens is 709 g/mol. The van der Waals surface area contributed by atoms with Crippen molar-refractivity contribution >= 4 is 40.7 Å². The van der Waals surface area contributed by atoms with Crippen LogP contribution in [0.1, 0.15) is 92.9 Å². The van der Waals surface area contributed by atoms with Crippen LogP contribution in [0.5, 0.6) is 0 Å². The number of carbonyl (C=O) groups is 3. The van der Waals surface area contributed by atoms with Crippen molar-refractivity contribution in [3.63, 3.8) is 0 Å². The Hall–Kier alpha value is -4.33. The van der Waals surface area contributed by atoms with E-state index in [1.54, 1.807) is 27.9 Å². The van der Waals surface area contributed by atoms with Crippen molar-refractivity contribution in [1.82, 2.24) is 30.8 Å². The summed E-state index contributed by atoms with van der Waals surface area (Å²) >= 11 is 3.00. The molecule has 0 bridgehead atoms. The Morgan fingerprint density at radius 2 is 1.49 bits per heavy atom. The first-order valence-electron chi connectivity index (χ1n) is 18.5. The van der Waals surface area contributed by atoms with Gasteiger partial charge in [-0.2, -0.15) is 0 Å². The molecule has 0 aliphatic heterocycles. The lowest BCUT2D eigenvalue weighted by Gasteiger charge is -2.29. The largest absolute Gasteiger partial charge is 0.444 e.